The highest BCUT2D eigenvalue weighted by Crippen LogP contribution is 2.27. The van der Waals surface area contributed by atoms with E-state index < -0.39 is 0 Å². The molecule has 0 bridgehead atoms. The minimum atomic E-state index is 0.514. The van der Waals surface area contributed by atoms with Gasteiger partial charge in [-0.05, 0) is 43.7 Å². The number of H-pyrrole nitrogens is 1. The molecular formula is C13H15BrN2. The SMILES string of the molecule is Brc1ccc2[nH]c(C3CCCCN3)cc2c1. The van der Waals surface area contributed by atoms with E-state index in [1.54, 1.807) is 0 Å². The maximum Gasteiger partial charge on any atom is 0.0473 e. The van der Waals surface area contributed by atoms with Crippen LogP contribution in [0.5, 0.6) is 0 Å². The molecule has 2 heterocycles. The molecule has 0 radical (unpaired) electrons. The third kappa shape index (κ3) is 1.89. The van der Waals surface area contributed by atoms with E-state index in [-0.39, 0.29) is 0 Å². The van der Waals surface area contributed by atoms with E-state index in [1.807, 2.05) is 0 Å². The first-order valence-corrected chi connectivity index (χ1v) is 6.64. The van der Waals surface area contributed by atoms with Crippen molar-refractivity contribution in [2.45, 2.75) is 25.3 Å². The number of benzene rings is 1. The summed E-state index contributed by atoms with van der Waals surface area (Å²) in [6.45, 7) is 1.14. The number of hydrogen-bond donors (Lipinski definition) is 2. The van der Waals surface area contributed by atoms with Gasteiger partial charge in [0.25, 0.3) is 0 Å². The summed E-state index contributed by atoms with van der Waals surface area (Å²) in [5.41, 5.74) is 2.55. The zero-order valence-electron chi connectivity index (χ0n) is 9.09. The predicted octanol–water partition coefficient (Wildman–Crippen LogP) is 3.75. The molecule has 0 amide bonds. The molecule has 1 aliphatic heterocycles. The molecule has 2 aromatic rings. The molecule has 1 unspecified atom stereocenters. The number of halogens is 1. The second kappa shape index (κ2) is 4.22. The second-order valence-corrected chi connectivity index (χ2v) is 5.37. The van der Waals surface area contributed by atoms with Crippen molar-refractivity contribution in [2.75, 3.05) is 6.54 Å². The van der Waals surface area contributed by atoms with E-state index in [0.717, 1.165) is 11.0 Å². The molecule has 3 rings (SSSR count). The fourth-order valence-corrected chi connectivity index (χ4v) is 2.81. The molecule has 84 valence electrons. The van der Waals surface area contributed by atoms with E-state index in [1.165, 1.54) is 35.9 Å². The third-order valence-electron chi connectivity index (χ3n) is 3.29. The first-order chi connectivity index (χ1) is 7.83. The van der Waals surface area contributed by atoms with Crippen molar-refractivity contribution in [2.24, 2.45) is 0 Å². The first-order valence-electron chi connectivity index (χ1n) is 5.84. The lowest BCUT2D eigenvalue weighted by atomic mass is 10.0. The van der Waals surface area contributed by atoms with Crippen molar-refractivity contribution in [1.82, 2.24) is 10.3 Å². The average molecular weight is 279 g/mol. The smallest absolute Gasteiger partial charge is 0.0473 e. The number of rotatable bonds is 1. The number of hydrogen-bond acceptors (Lipinski definition) is 1. The van der Waals surface area contributed by atoms with Crippen molar-refractivity contribution in [3.63, 3.8) is 0 Å². The number of fused-ring (bicyclic) bond motifs is 1. The molecule has 0 aliphatic carbocycles. The highest BCUT2D eigenvalue weighted by Gasteiger charge is 2.16. The maximum atomic E-state index is 3.57. The highest BCUT2D eigenvalue weighted by molar-refractivity contribution is 9.10. The molecule has 1 aromatic carbocycles. The van der Waals surface area contributed by atoms with Crippen LogP contribution in [-0.4, -0.2) is 11.5 Å². The Morgan fingerprint density at radius 2 is 2.12 bits per heavy atom. The van der Waals surface area contributed by atoms with Gasteiger partial charge in [-0.2, -0.15) is 0 Å². The zero-order chi connectivity index (χ0) is 11.0. The molecule has 1 saturated heterocycles. The number of aromatic amines is 1. The number of nitrogens with one attached hydrogen (secondary N) is 2. The summed E-state index contributed by atoms with van der Waals surface area (Å²) in [4.78, 5) is 3.51. The number of piperidine rings is 1. The molecule has 1 atom stereocenters. The molecule has 3 heteroatoms. The van der Waals surface area contributed by atoms with Gasteiger partial charge in [0.15, 0.2) is 0 Å². The molecule has 1 fully saturated rings. The summed E-state index contributed by atoms with van der Waals surface area (Å²) in [6, 6.07) is 9.16. The Balaban J connectivity index is 1.97. The molecule has 0 spiro atoms. The minimum Gasteiger partial charge on any atom is -0.357 e. The van der Waals surface area contributed by atoms with Crippen molar-refractivity contribution in [3.8, 4) is 0 Å². The lowest BCUT2D eigenvalue weighted by Crippen LogP contribution is -2.26. The summed E-state index contributed by atoms with van der Waals surface area (Å²) in [5.74, 6) is 0. The monoisotopic (exact) mass is 278 g/mol. The van der Waals surface area contributed by atoms with E-state index in [2.05, 4.69) is 50.5 Å². The largest absolute Gasteiger partial charge is 0.357 e. The van der Waals surface area contributed by atoms with Crippen LogP contribution in [0.25, 0.3) is 10.9 Å². The molecular weight excluding hydrogens is 264 g/mol. The molecule has 0 saturated carbocycles. The van der Waals surface area contributed by atoms with Gasteiger partial charge < -0.3 is 10.3 Å². The zero-order valence-corrected chi connectivity index (χ0v) is 10.7. The normalized spacial score (nSPS) is 21.4. The Bertz CT molecular complexity index is 498. The van der Waals surface area contributed by atoms with Crippen LogP contribution in [0.4, 0.5) is 0 Å². The summed E-state index contributed by atoms with van der Waals surface area (Å²) in [7, 11) is 0. The van der Waals surface area contributed by atoms with Crippen molar-refractivity contribution in [3.05, 3.63) is 34.4 Å². The molecule has 2 nitrogen and oxygen atoms in total. The van der Waals surface area contributed by atoms with Crippen molar-refractivity contribution < 1.29 is 0 Å². The van der Waals surface area contributed by atoms with Gasteiger partial charge in [-0.25, -0.2) is 0 Å². The maximum absolute atomic E-state index is 3.57. The van der Waals surface area contributed by atoms with Gasteiger partial charge in [0, 0.05) is 27.1 Å². The van der Waals surface area contributed by atoms with Crippen LogP contribution >= 0.6 is 15.9 Å². The first kappa shape index (κ1) is 10.4. The van der Waals surface area contributed by atoms with Crippen molar-refractivity contribution >= 4 is 26.8 Å². The summed E-state index contributed by atoms with van der Waals surface area (Å²) in [5, 5.41) is 4.86. The Hall–Kier alpha value is -0.800. The highest BCUT2D eigenvalue weighted by atomic mass is 79.9. The van der Waals surface area contributed by atoms with Crippen LogP contribution in [0.2, 0.25) is 0 Å². The molecule has 1 aliphatic rings. The van der Waals surface area contributed by atoms with E-state index in [4.69, 9.17) is 0 Å². The van der Waals surface area contributed by atoms with Gasteiger partial charge in [-0.15, -0.1) is 0 Å². The fourth-order valence-electron chi connectivity index (χ4n) is 2.43. The topological polar surface area (TPSA) is 27.8 Å². The molecule has 1 aromatic heterocycles. The van der Waals surface area contributed by atoms with Gasteiger partial charge in [0.05, 0.1) is 0 Å². The van der Waals surface area contributed by atoms with Crippen LogP contribution in [0, 0.1) is 0 Å². The Morgan fingerprint density at radius 1 is 1.19 bits per heavy atom. The third-order valence-corrected chi connectivity index (χ3v) is 3.78. The quantitative estimate of drug-likeness (QED) is 0.817. The second-order valence-electron chi connectivity index (χ2n) is 4.46. The van der Waals surface area contributed by atoms with Crippen LogP contribution in [0.1, 0.15) is 31.0 Å². The van der Waals surface area contributed by atoms with Crippen LogP contribution in [-0.2, 0) is 0 Å². The van der Waals surface area contributed by atoms with Crippen LogP contribution in [0.15, 0.2) is 28.7 Å². The standard InChI is InChI=1S/C13H15BrN2/c14-10-4-5-11-9(7-10)8-13(16-11)12-3-1-2-6-15-12/h4-5,7-8,12,15-16H,1-3,6H2. The van der Waals surface area contributed by atoms with Gasteiger partial charge in [-0.1, -0.05) is 22.4 Å². The van der Waals surface area contributed by atoms with Gasteiger partial charge in [0.1, 0.15) is 0 Å². The number of aromatic nitrogens is 1. The van der Waals surface area contributed by atoms with E-state index in [0.29, 0.717) is 6.04 Å². The Labute approximate surface area is 104 Å². The van der Waals surface area contributed by atoms with E-state index in [9.17, 15) is 0 Å². The Morgan fingerprint density at radius 3 is 2.94 bits per heavy atom. The Kier molecular flexibility index (Phi) is 2.74. The summed E-state index contributed by atoms with van der Waals surface area (Å²) < 4.78 is 1.14. The van der Waals surface area contributed by atoms with Gasteiger partial charge in [-0.3, -0.25) is 0 Å². The predicted molar refractivity (Wildman–Crippen MR) is 70.6 cm³/mol. The van der Waals surface area contributed by atoms with Crippen LogP contribution < -0.4 is 5.32 Å². The lowest BCUT2D eigenvalue weighted by Gasteiger charge is -2.22. The summed E-state index contributed by atoms with van der Waals surface area (Å²) in [6.07, 6.45) is 3.88. The van der Waals surface area contributed by atoms with Gasteiger partial charge >= 0.3 is 0 Å². The summed E-state index contributed by atoms with van der Waals surface area (Å²) >= 11 is 3.51. The minimum absolute atomic E-state index is 0.514. The molecule has 2 N–H and O–H groups in total. The van der Waals surface area contributed by atoms with Crippen LogP contribution in [0.3, 0.4) is 0 Å². The average Bonchev–Trinajstić information content (AvgIpc) is 2.73. The molecule has 16 heavy (non-hydrogen) atoms. The van der Waals surface area contributed by atoms with Gasteiger partial charge in [0.2, 0.25) is 0 Å². The van der Waals surface area contributed by atoms with E-state index >= 15 is 0 Å². The fraction of sp³-hybridized carbons (Fsp3) is 0.385. The lowest BCUT2D eigenvalue weighted by molar-refractivity contribution is 0.407. The van der Waals surface area contributed by atoms with Crippen molar-refractivity contribution in [1.29, 1.82) is 0 Å².